The lowest BCUT2D eigenvalue weighted by Gasteiger charge is -2.16. The highest BCUT2D eigenvalue weighted by molar-refractivity contribution is 6.06. The average Bonchev–Trinajstić information content (AvgIpc) is 2.77. The number of amidine groups is 1. The monoisotopic (exact) mass is 454 g/mol. The van der Waals surface area contributed by atoms with Crippen molar-refractivity contribution in [1.82, 2.24) is 10.2 Å². The molecule has 0 spiro atoms. The van der Waals surface area contributed by atoms with Crippen LogP contribution in [0.2, 0.25) is 0 Å². The number of rotatable bonds is 10. The van der Waals surface area contributed by atoms with Gasteiger partial charge in [-0.15, -0.1) is 0 Å². The first-order chi connectivity index (χ1) is 15.7. The number of aliphatic imine (C=N–C) groups is 1. The molecule has 0 heterocycles. The minimum absolute atomic E-state index is 0.0528. The van der Waals surface area contributed by atoms with Gasteiger partial charge in [0.2, 0.25) is 0 Å². The van der Waals surface area contributed by atoms with E-state index in [4.69, 9.17) is 19.9 Å². The number of hydrogen-bond donors (Lipinski definition) is 2. The molecule has 2 rings (SSSR count). The molecular formula is C24H30N4O5. The van der Waals surface area contributed by atoms with E-state index in [0.29, 0.717) is 29.4 Å². The van der Waals surface area contributed by atoms with Crippen molar-refractivity contribution < 1.29 is 23.8 Å². The number of carbonyl (C=O) groups is 2. The minimum Gasteiger partial charge on any atom is -0.488 e. The molecule has 1 unspecified atom stereocenters. The Kier molecular flexibility index (Phi) is 9.44. The molecule has 0 aliphatic rings. The van der Waals surface area contributed by atoms with Crippen molar-refractivity contribution in [1.29, 1.82) is 0 Å². The van der Waals surface area contributed by atoms with Crippen LogP contribution in [0.5, 0.6) is 17.2 Å². The van der Waals surface area contributed by atoms with Crippen LogP contribution in [0.15, 0.2) is 59.7 Å². The first-order valence-electron chi connectivity index (χ1n) is 10.3. The van der Waals surface area contributed by atoms with Crippen molar-refractivity contribution in [3.8, 4) is 17.2 Å². The number of nitrogens with zero attached hydrogens (tertiary/aromatic N) is 2. The molecule has 1 atom stereocenters. The predicted octanol–water partition coefficient (Wildman–Crippen LogP) is 2.82. The van der Waals surface area contributed by atoms with E-state index in [2.05, 4.69) is 10.3 Å². The molecule has 0 saturated carbocycles. The van der Waals surface area contributed by atoms with E-state index in [1.54, 1.807) is 76.9 Å². The maximum Gasteiger partial charge on any atom is 0.279 e. The Morgan fingerprint density at radius 2 is 1.76 bits per heavy atom. The van der Waals surface area contributed by atoms with E-state index in [0.717, 1.165) is 0 Å². The molecule has 9 heteroatoms. The first-order valence-corrected chi connectivity index (χ1v) is 10.3. The van der Waals surface area contributed by atoms with Gasteiger partial charge in [0.15, 0.2) is 0 Å². The van der Waals surface area contributed by atoms with Crippen molar-refractivity contribution in [2.45, 2.75) is 13.0 Å². The summed E-state index contributed by atoms with van der Waals surface area (Å²) < 4.78 is 16.9. The van der Waals surface area contributed by atoms with Crippen LogP contribution in [0, 0.1) is 0 Å². The van der Waals surface area contributed by atoms with Gasteiger partial charge in [-0.05, 0) is 55.6 Å². The van der Waals surface area contributed by atoms with Gasteiger partial charge in [0.1, 0.15) is 29.2 Å². The zero-order valence-electron chi connectivity index (χ0n) is 19.5. The highest BCUT2D eigenvalue weighted by Gasteiger charge is 2.14. The van der Waals surface area contributed by atoms with Gasteiger partial charge in [-0.1, -0.05) is 0 Å². The van der Waals surface area contributed by atoms with Gasteiger partial charge in [-0.25, -0.2) is 0 Å². The van der Waals surface area contributed by atoms with Crippen LogP contribution in [0.3, 0.4) is 0 Å². The molecule has 9 nitrogen and oxygen atoms in total. The fourth-order valence-corrected chi connectivity index (χ4v) is 2.77. The summed E-state index contributed by atoms with van der Waals surface area (Å²) in [6, 6.07) is 11.5. The quantitative estimate of drug-likeness (QED) is 0.419. The number of methoxy groups -OCH3 is 1. The van der Waals surface area contributed by atoms with Crippen molar-refractivity contribution in [3.63, 3.8) is 0 Å². The smallest absolute Gasteiger partial charge is 0.279 e. The van der Waals surface area contributed by atoms with Crippen LogP contribution in [0.4, 0.5) is 0 Å². The number of nitrogens with one attached hydrogen (secondary N) is 1. The number of amides is 2. The first kappa shape index (κ1) is 25.4. The van der Waals surface area contributed by atoms with Crippen molar-refractivity contribution >= 4 is 17.6 Å². The number of benzene rings is 2. The largest absolute Gasteiger partial charge is 0.488 e. The van der Waals surface area contributed by atoms with Gasteiger partial charge in [-0.3, -0.25) is 9.59 Å². The van der Waals surface area contributed by atoms with Crippen molar-refractivity contribution in [3.05, 3.63) is 65.9 Å². The van der Waals surface area contributed by atoms with Gasteiger partial charge in [0.25, 0.3) is 11.8 Å². The predicted molar refractivity (Wildman–Crippen MR) is 127 cm³/mol. The third-order valence-corrected chi connectivity index (χ3v) is 4.26. The van der Waals surface area contributed by atoms with Crippen LogP contribution in [0.25, 0.3) is 0 Å². The van der Waals surface area contributed by atoms with Crippen LogP contribution in [-0.4, -0.2) is 63.5 Å². The Bertz CT molecular complexity index is 1020. The lowest BCUT2D eigenvalue weighted by Crippen LogP contribution is -2.21. The summed E-state index contributed by atoms with van der Waals surface area (Å²) in [5.74, 6) is 0.670. The second-order valence-corrected chi connectivity index (χ2v) is 7.37. The van der Waals surface area contributed by atoms with Crippen LogP contribution >= 0.6 is 0 Å². The Balaban J connectivity index is 2.34. The third-order valence-electron chi connectivity index (χ3n) is 4.26. The van der Waals surface area contributed by atoms with Gasteiger partial charge < -0.3 is 30.2 Å². The highest BCUT2D eigenvalue weighted by Crippen LogP contribution is 2.29. The van der Waals surface area contributed by atoms with Crippen molar-refractivity contribution in [2.24, 2.45) is 10.7 Å². The van der Waals surface area contributed by atoms with Gasteiger partial charge in [0, 0.05) is 45.4 Å². The van der Waals surface area contributed by atoms with E-state index in [9.17, 15) is 9.59 Å². The second kappa shape index (κ2) is 12.3. The van der Waals surface area contributed by atoms with Gasteiger partial charge in [0.05, 0.1) is 6.61 Å². The molecule has 0 aliphatic carbocycles. The second-order valence-electron chi connectivity index (χ2n) is 7.37. The molecule has 0 bridgehead atoms. The van der Waals surface area contributed by atoms with Gasteiger partial charge in [-0.2, -0.15) is 4.99 Å². The summed E-state index contributed by atoms with van der Waals surface area (Å²) in [5.41, 5.74) is 6.55. The molecular weight excluding hydrogens is 424 g/mol. The molecule has 176 valence electrons. The molecule has 2 aromatic rings. The number of ether oxygens (including phenoxy) is 3. The van der Waals surface area contributed by atoms with E-state index < -0.39 is 5.91 Å². The zero-order chi connectivity index (χ0) is 24.4. The summed E-state index contributed by atoms with van der Waals surface area (Å²) >= 11 is 0. The summed E-state index contributed by atoms with van der Waals surface area (Å²) in [4.78, 5) is 30.1. The molecule has 2 aromatic carbocycles. The summed E-state index contributed by atoms with van der Waals surface area (Å²) in [6.07, 6.45) is 2.79. The molecule has 0 aliphatic heterocycles. The van der Waals surface area contributed by atoms with Crippen LogP contribution in [-0.2, 0) is 4.74 Å². The van der Waals surface area contributed by atoms with Crippen LogP contribution in [0.1, 0.15) is 27.6 Å². The van der Waals surface area contributed by atoms with Crippen molar-refractivity contribution in [2.75, 3.05) is 34.9 Å². The maximum atomic E-state index is 12.7. The molecule has 0 fully saturated rings. The standard InChI is InChI=1S/C24H30N4O5/c1-16(15-31-5)32-20-12-18(23(29)27-22(25)10-11-26-2)13-21(14-20)33-19-8-6-17(7-9-19)24(30)28(3)4/h6-14,16,26H,15H2,1-5H3,(H2,25,27,29)/b11-10-. The van der Waals surface area contributed by atoms with Gasteiger partial charge >= 0.3 is 0 Å². The number of nitrogens with two attached hydrogens (primary N) is 1. The molecule has 0 saturated heterocycles. The molecule has 0 aromatic heterocycles. The van der Waals surface area contributed by atoms with E-state index in [1.807, 2.05) is 6.92 Å². The lowest BCUT2D eigenvalue weighted by molar-refractivity contribution is 0.0827. The maximum absolute atomic E-state index is 12.7. The highest BCUT2D eigenvalue weighted by atomic mass is 16.5. The molecule has 2 amide bonds. The Hall–Kier alpha value is -3.85. The SMILES string of the molecule is CN/C=C\C(N)=NC(=O)c1cc(Oc2ccc(C(=O)N(C)C)cc2)cc(OC(C)COC)c1. The minimum atomic E-state index is -0.546. The van der Waals surface area contributed by atoms with E-state index in [-0.39, 0.29) is 23.4 Å². The number of carbonyl (C=O) groups excluding carboxylic acids is 2. The average molecular weight is 455 g/mol. The summed E-state index contributed by atoms with van der Waals surface area (Å²) in [6.45, 7) is 2.22. The fraction of sp³-hybridized carbons (Fsp3) is 0.292. The summed E-state index contributed by atoms with van der Waals surface area (Å²) in [5, 5.41) is 2.78. The molecule has 0 radical (unpaired) electrons. The topological polar surface area (TPSA) is 115 Å². The van der Waals surface area contributed by atoms with E-state index in [1.165, 1.54) is 11.0 Å². The lowest BCUT2D eigenvalue weighted by atomic mass is 10.1. The summed E-state index contributed by atoms with van der Waals surface area (Å²) in [7, 11) is 6.66. The zero-order valence-corrected chi connectivity index (χ0v) is 19.5. The Morgan fingerprint density at radius 1 is 1.09 bits per heavy atom. The Morgan fingerprint density at radius 3 is 2.36 bits per heavy atom. The molecule has 3 N–H and O–H groups in total. The molecule has 33 heavy (non-hydrogen) atoms. The third kappa shape index (κ3) is 7.97. The number of hydrogen-bond acceptors (Lipinski definition) is 6. The van der Waals surface area contributed by atoms with E-state index >= 15 is 0 Å². The normalized spacial score (nSPS) is 12.3. The fourth-order valence-electron chi connectivity index (χ4n) is 2.77. The van der Waals surface area contributed by atoms with Crippen LogP contribution < -0.4 is 20.5 Å². The Labute approximate surface area is 193 Å².